The van der Waals surface area contributed by atoms with Gasteiger partial charge < -0.3 is 5.32 Å². The number of benzene rings is 1. The molecule has 110 valence electrons. The van der Waals surface area contributed by atoms with Gasteiger partial charge in [0.1, 0.15) is 5.82 Å². The minimum atomic E-state index is -0.0897. The molecule has 0 amide bonds. The van der Waals surface area contributed by atoms with Gasteiger partial charge >= 0.3 is 0 Å². The highest BCUT2D eigenvalue weighted by Gasteiger charge is 2.36. The first-order chi connectivity index (χ1) is 9.54. The minimum absolute atomic E-state index is 0.0897. The summed E-state index contributed by atoms with van der Waals surface area (Å²) in [5, 5.41) is 3.68. The summed E-state index contributed by atoms with van der Waals surface area (Å²) in [4.78, 5) is 2.44. The van der Waals surface area contributed by atoms with E-state index in [1.165, 1.54) is 25.7 Å². The van der Waals surface area contributed by atoms with E-state index in [9.17, 15) is 4.39 Å². The Labute approximate surface area is 121 Å². The maximum atomic E-state index is 13.8. The van der Waals surface area contributed by atoms with Crippen LogP contribution in [-0.2, 0) is 0 Å². The van der Waals surface area contributed by atoms with Crippen LogP contribution in [0, 0.1) is 12.7 Å². The largest absolute Gasteiger partial charge is 0.311 e. The van der Waals surface area contributed by atoms with Crippen LogP contribution in [0.2, 0.25) is 0 Å². The standard InChI is InChI=1S/C17H25FN2/c1-11-4-5-13(8-17(11)18)12(2)20(3)16-9-14-6-7-15(10-16)19-14/h4-5,8,12,14-16,19H,6-7,9-10H2,1-3H3. The van der Waals surface area contributed by atoms with Crippen molar-refractivity contribution in [2.24, 2.45) is 0 Å². The van der Waals surface area contributed by atoms with E-state index < -0.39 is 0 Å². The number of nitrogens with one attached hydrogen (secondary N) is 1. The lowest BCUT2D eigenvalue weighted by Crippen LogP contribution is -2.47. The fourth-order valence-electron chi connectivity index (χ4n) is 3.78. The molecular formula is C17H25FN2. The van der Waals surface area contributed by atoms with Crippen LogP contribution in [-0.4, -0.2) is 30.1 Å². The zero-order chi connectivity index (χ0) is 14.3. The third-order valence-corrected chi connectivity index (χ3v) is 5.31. The molecule has 3 unspecified atom stereocenters. The third kappa shape index (κ3) is 2.61. The summed E-state index contributed by atoms with van der Waals surface area (Å²) in [5.74, 6) is -0.0897. The Kier molecular flexibility index (Phi) is 3.83. The Bertz CT molecular complexity index is 476. The summed E-state index contributed by atoms with van der Waals surface area (Å²) >= 11 is 0. The molecule has 20 heavy (non-hydrogen) atoms. The van der Waals surface area contributed by atoms with Gasteiger partial charge in [0.15, 0.2) is 0 Å². The Morgan fingerprint density at radius 2 is 1.90 bits per heavy atom. The average Bonchev–Trinajstić information content (AvgIpc) is 2.79. The number of rotatable bonds is 3. The molecular weight excluding hydrogens is 251 g/mol. The van der Waals surface area contributed by atoms with Crippen LogP contribution in [0.1, 0.15) is 49.8 Å². The number of aryl methyl sites for hydroxylation is 1. The van der Waals surface area contributed by atoms with E-state index in [4.69, 9.17) is 0 Å². The molecule has 1 N–H and O–H groups in total. The molecule has 0 spiro atoms. The van der Waals surface area contributed by atoms with Gasteiger partial charge in [0.25, 0.3) is 0 Å². The average molecular weight is 276 g/mol. The smallest absolute Gasteiger partial charge is 0.126 e. The van der Waals surface area contributed by atoms with Crippen LogP contribution in [0.3, 0.4) is 0 Å². The van der Waals surface area contributed by atoms with Crippen molar-refractivity contribution in [1.82, 2.24) is 10.2 Å². The van der Waals surface area contributed by atoms with Gasteiger partial charge in [-0.3, -0.25) is 4.90 Å². The summed E-state index contributed by atoms with van der Waals surface area (Å²) in [6.07, 6.45) is 5.10. The monoisotopic (exact) mass is 276 g/mol. The Hall–Kier alpha value is -0.930. The SMILES string of the molecule is Cc1ccc(C(C)N(C)C2CC3CCC(C2)N3)cc1F. The van der Waals surface area contributed by atoms with Crippen LogP contribution in [0.25, 0.3) is 0 Å². The molecule has 0 radical (unpaired) electrons. The van der Waals surface area contributed by atoms with E-state index in [0.29, 0.717) is 18.1 Å². The summed E-state index contributed by atoms with van der Waals surface area (Å²) in [6, 6.07) is 7.94. The van der Waals surface area contributed by atoms with E-state index in [1.54, 1.807) is 6.07 Å². The quantitative estimate of drug-likeness (QED) is 0.910. The van der Waals surface area contributed by atoms with Gasteiger partial charge in [0.2, 0.25) is 0 Å². The second-order valence-corrected chi connectivity index (χ2v) is 6.61. The second kappa shape index (κ2) is 5.45. The number of halogens is 1. The Morgan fingerprint density at radius 3 is 2.50 bits per heavy atom. The number of fused-ring (bicyclic) bond motifs is 2. The van der Waals surface area contributed by atoms with Crippen LogP contribution in [0.4, 0.5) is 4.39 Å². The molecule has 2 fully saturated rings. The molecule has 1 aromatic carbocycles. The van der Waals surface area contributed by atoms with Crippen molar-refractivity contribution in [3.8, 4) is 0 Å². The van der Waals surface area contributed by atoms with Crippen molar-refractivity contribution in [2.75, 3.05) is 7.05 Å². The summed E-state index contributed by atoms with van der Waals surface area (Å²) in [5.41, 5.74) is 1.81. The second-order valence-electron chi connectivity index (χ2n) is 6.61. The highest BCUT2D eigenvalue weighted by atomic mass is 19.1. The predicted molar refractivity (Wildman–Crippen MR) is 80.3 cm³/mol. The number of nitrogens with zero attached hydrogens (tertiary/aromatic N) is 1. The van der Waals surface area contributed by atoms with E-state index >= 15 is 0 Å². The molecule has 0 saturated carbocycles. The van der Waals surface area contributed by atoms with Gasteiger partial charge in [-0.25, -0.2) is 4.39 Å². The molecule has 3 rings (SSSR count). The van der Waals surface area contributed by atoms with Crippen molar-refractivity contribution in [3.63, 3.8) is 0 Å². The molecule has 2 heterocycles. The van der Waals surface area contributed by atoms with Crippen molar-refractivity contribution >= 4 is 0 Å². The Morgan fingerprint density at radius 1 is 1.25 bits per heavy atom. The number of hydrogen-bond acceptors (Lipinski definition) is 2. The highest BCUT2D eigenvalue weighted by Crippen LogP contribution is 2.33. The van der Waals surface area contributed by atoms with E-state index in [2.05, 4.69) is 30.3 Å². The zero-order valence-electron chi connectivity index (χ0n) is 12.7. The van der Waals surface area contributed by atoms with Crippen LogP contribution in [0.15, 0.2) is 18.2 Å². The van der Waals surface area contributed by atoms with Crippen LogP contribution >= 0.6 is 0 Å². The fourth-order valence-corrected chi connectivity index (χ4v) is 3.78. The molecule has 3 heteroatoms. The van der Waals surface area contributed by atoms with Gasteiger partial charge in [0, 0.05) is 24.2 Å². The summed E-state index contributed by atoms with van der Waals surface area (Å²) in [6.45, 7) is 4.01. The van der Waals surface area contributed by atoms with E-state index in [0.717, 1.165) is 11.1 Å². The summed E-state index contributed by atoms with van der Waals surface area (Å²) < 4.78 is 13.8. The van der Waals surface area contributed by atoms with Crippen molar-refractivity contribution < 1.29 is 4.39 Å². The maximum absolute atomic E-state index is 13.8. The third-order valence-electron chi connectivity index (χ3n) is 5.31. The normalized spacial score (nSPS) is 30.8. The van der Waals surface area contributed by atoms with Gasteiger partial charge in [-0.05, 0) is 63.8 Å². The van der Waals surface area contributed by atoms with Gasteiger partial charge in [-0.2, -0.15) is 0 Å². The van der Waals surface area contributed by atoms with E-state index in [1.807, 2.05) is 13.0 Å². The molecule has 2 aliphatic rings. The number of piperidine rings is 1. The Balaban J connectivity index is 1.72. The minimum Gasteiger partial charge on any atom is -0.311 e. The molecule has 1 aromatic rings. The lowest BCUT2D eigenvalue weighted by Gasteiger charge is -2.39. The molecule has 3 atom stereocenters. The van der Waals surface area contributed by atoms with Gasteiger partial charge in [0.05, 0.1) is 0 Å². The predicted octanol–water partition coefficient (Wildman–Crippen LogP) is 3.41. The van der Waals surface area contributed by atoms with Gasteiger partial charge in [-0.15, -0.1) is 0 Å². The molecule has 2 nitrogen and oxygen atoms in total. The lowest BCUT2D eigenvalue weighted by atomic mass is 9.95. The highest BCUT2D eigenvalue weighted by molar-refractivity contribution is 5.25. The molecule has 2 aliphatic heterocycles. The van der Waals surface area contributed by atoms with Gasteiger partial charge in [-0.1, -0.05) is 12.1 Å². The first kappa shape index (κ1) is 14.0. The topological polar surface area (TPSA) is 15.3 Å². The van der Waals surface area contributed by atoms with Crippen LogP contribution < -0.4 is 5.32 Å². The van der Waals surface area contributed by atoms with E-state index in [-0.39, 0.29) is 11.9 Å². The zero-order valence-corrected chi connectivity index (χ0v) is 12.7. The van der Waals surface area contributed by atoms with Crippen molar-refractivity contribution in [1.29, 1.82) is 0 Å². The lowest BCUT2D eigenvalue weighted by molar-refractivity contribution is 0.132. The first-order valence-electron chi connectivity index (χ1n) is 7.78. The molecule has 2 saturated heterocycles. The van der Waals surface area contributed by atoms with Crippen molar-refractivity contribution in [3.05, 3.63) is 35.1 Å². The fraction of sp³-hybridized carbons (Fsp3) is 0.647. The molecule has 2 bridgehead atoms. The molecule has 0 aliphatic carbocycles. The number of hydrogen-bond donors (Lipinski definition) is 1. The summed E-state index contributed by atoms with van der Waals surface area (Å²) in [7, 11) is 2.19. The first-order valence-corrected chi connectivity index (χ1v) is 7.78. The maximum Gasteiger partial charge on any atom is 0.126 e. The van der Waals surface area contributed by atoms with Crippen LogP contribution in [0.5, 0.6) is 0 Å². The van der Waals surface area contributed by atoms with Crippen molar-refractivity contribution in [2.45, 2.75) is 63.7 Å². The molecule has 0 aromatic heterocycles.